The van der Waals surface area contributed by atoms with Gasteiger partial charge < -0.3 is 5.11 Å². The Morgan fingerprint density at radius 2 is 2.00 bits per heavy atom. The highest BCUT2D eigenvalue weighted by atomic mass is 16.4. The molecule has 1 atom stereocenters. The predicted molar refractivity (Wildman–Crippen MR) is 63.7 cm³/mol. The number of rotatable bonds is 4. The molecule has 88 valence electrons. The van der Waals surface area contributed by atoms with Gasteiger partial charge in [0.05, 0.1) is 11.6 Å². The third kappa shape index (κ3) is 3.26. The van der Waals surface area contributed by atoms with Crippen molar-refractivity contribution in [3.05, 3.63) is 35.4 Å². The van der Waals surface area contributed by atoms with Crippen molar-refractivity contribution in [1.82, 2.24) is 0 Å². The van der Waals surface area contributed by atoms with Crippen LogP contribution in [0.25, 0.3) is 0 Å². The third-order valence-electron chi connectivity index (χ3n) is 2.05. The first kappa shape index (κ1) is 13.1. The molecule has 0 heterocycles. The molecule has 0 saturated heterocycles. The van der Waals surface area contributed by atoms with Crippen molar-refractivity contribution in [2.45, 2.75) is 6.04 Å². The lowest BCUT2D eigenvalue weighted by molar-refractivity contribution is 0.0697. The van der Waals surface area contributed by atoms with Crippen LogP contribution in [-0.2, 0) is 0 Å². The molecule has 1 rings (SSSR count). The summed E-state index contributed by atoms with van der Waals surface area (Å²) in [6.07, 6.45) is 1.32. The largest absolute Gasteiger partial charge is 0.478 e. The minimum Gasteiger partial charge on any atom is -0.478 e. The van der Waals surface area contributed by atoms with Crippen molar-refractivity contribution < 1.29 is 9.90 Å². The average molecular weight is 240 g/mol. The van der Waals surface area contributed by atoms with E-state index >= 15 is 0 Å². The maximum atomic E-state index is 10.6. The second kappa shape index (κ2) is 5.92. The number of nitrogens with zero attached hydrogens (tertiary/aromatic N) is 3. The van der Waals surface area contributed by atoms with E-state index in [0.717, 1.165) is 0 Å². The number of aromatic carboxylic acids is 1. The number of carboxylic acids is 1. The zero-order valence-corrected chi connectivity index (χ0v) is 9.16. The van der Waals surface area contributed by atoms with Crippen molar-refractivity contribution in [3.8, 4) is 12.1 Å². The van der Waals surface area contributed by atoms with Crippen LogP contribution < -0.4 is 0 Å². The van der Waals surface area contributed by atoms with Crippen LogP contribution >= 0.6 is 0 Å². The molecule has 1 aromatic carbocycles. The van der Waals surface area contributed by atoms with Crippen LogP contribution in [0, 0.1) is 28.1 Å². The lowest BCUT2D eigenvalue weighted by Crippen LogP contribution is -2.13. The van der Waals surface area contributed by atoms with E-state index in [1.807, 2.05) is 0 Å². The van der Waals surface area contributed by atoms with Crippen molar-refractivity contribution in [2.24, 2.45) is 4.99 Å². The Hall–Kier alpha value is -2.99. The molecule has 0 fully saturated rings. The molecule has 0 bridgehead atoms. The van der Waals surface area contributed by atoms with Gasteiger partial charge in [-0.05, 0) is 17.7 Å². The highest BCUT2D eigenvalue weighted by Crippen LogP contribution is 2.03. The monoisotopic (exact) mass is 240 g/mol. The van der Waals surface area contributed by atoms with Gasteiger partial charge >= 0.3 is 5.97 Å². The average Bonchev–Trinajstić information content (AvgIpc) is 2.39. The zero-order chi connectivity index (χ0) is 13.5. The summed E-state index contributed by atoms with van der Waals surface area (Å²) in [5, 5.41) is 33.0. The normalized spacial score (nSPS) is 11.4. The van der Waals surface area contributed by atoms with E-state index in [-0.39, 0.29) is 5.56 Å². The summed E-state index contributed by atoms with van der Waals surface area (Å²) in [6, 6.07) is 7.99. The molecule has 0 saturated carbocycles. The predicted octanol–water partition coefficient (Wildman–Crippen LogP) is 1.24. The second-order valence-electron chi connectivity index (χ2n) is 3.26. The first-order valence-corrected chi connectivity index (χ1v) is 4.83. The van der Waals surface area contributed by atoms with E-state index in [9.17, 15) is 4.79 Å². The van der Waals surface area contributed by atoms with Crippen LogP contribution in [0.2, 0.25) is 0 Å². The first-order chi connectivity index (χ1) is 8.58. The number of nitriles is 2. The SMILES string of the molecule is N#CC(=N)C(C#N)N=Cc1ccc(C(=O)O)cc1. The Kier molecular flexibility index (Phi) is 4.30. The Morgan fingerprint density at radius 3 is 2.44 bits per heavy atom. The van der Waals surface area contributed by atoms with E-state index in [1.165, 1.54) is 30.5 Å². The summed E-state index contributed by atoms with van der Waals surface area (Å²) in [5.74, 6) is -1.03. The van der Waals surface area contributed by atoms with E-state index < -0.39 is 17.7 Å². The van der Waals surface area contributed by atoms with Crippen LogP contribution in [0.4, 0.5) is 0 Å². The van der Waals surface area contributed by atoms with Crippen LogP contribution in [0.5, 0.6) is 0 Å². The Morgan fingerprint density at radius 1 is 1.39 bits per heavy atom. The third-order valence-corrected chi connectivity index (χ3v) is 2.05. The summed E-state index contributed by atoms with van der Waals surface area (Å²) < 4.78 is 0. The minimum atomic E-state index is -1.13. The van der Waals surface area contributed by atoms with Crippen molar-refractivity contribution in [2.75, 3.05) is 0 Å². The summed E-state index contributed by atoms with van der Waals surface area (Å²) >= 11 is 0. The molecule has 1 aromatic rings. The summed E-state index contributed by atoms with van der Waals surface area (Å²) in [7, 11) is 0. The van der Waals surface area contributed by atoms with E-state index in [2.05, 4.69) is 4.99 Å². The smallest absolute Gasteiger partial charge is 0.335 e. The number of hydrogen-bond acceptors (Lipinski definition) is 5. The van der Waals surface area contributed by atoms with Gasteiger partial charge in [0.2, 0.25) is 0 Å². The van der Waals surface area contributed by atoms with Gasteiger partial charge in [-0.2, -0.15) is 10.5 Å². The summed E-state index contributed by atoms with van der Waals surface area (Å²) in [4.78, 5) is 14.4. The summed E-state index contributed by atoms with van der Waals surface area (Å²) in [6.45, 7) is 0. The van der Waals surface area contributed by atoms with Crippen molar-refractivity contribution in [1.29, 1.82) is 15.9 Å². The van der Waals surface area contributed by atoms with Crippen LogP contribution in [0.1, 0.15) is 15.9 Å². The fourth-order valence-electron chi connectivity index (χ4n) is 1.11. The molecule has 0 spiro atoms. The number of benzene rings is 1. The topological polar surface area (TPSA) is 121 Å². The highest BCUT2D eigenvalue weighted by molar-refractivity contribution is 6.03. The van der Waals surface area contributed by atoms with E-state index in [1.54, 1.807) is 12.1 Å². The molecule has 2 N–H and O–H groups in total. The van der Waals surface area contributed by atoms with E-state index in [4.69, 9.17) is 21.0 Å². The lowest BCUT2D eigenvalue weighted by atomic mass is 10.1. The lowest BCUT2D eigenvalue weighted by Gasteiger charge is -1.98. The molecule has 0 aliphatic carbocycles. The van der Waals surface area contributed by atoms with Gasteiger partial charge in [-0.25, -0.2) is 4.79 Å². The summed E-state index contributed by atoms with van der Waals surface area (Å²) in [5.41, 5.74) is 0.302. The Balaban J connectivity index is 2.85. The number of nitrogens with one attached hydrogen (secondary N) is 1. The fourth-order valence-corrected chi connectivity index (χ4v) is 1.11. The minimum absolute atomic E-state index is 0.147. The Labute approximate surface area is 103 Å². The molecule has 0 amide bonds. The number of hydrogen-bond donors (Lipinski definition) is 2. The van der Waals surface area contributed by atoms with Crippen LogP contribution in [0.15, 0.2) is 29.3 Å². The van der Waals surface area contributed by atoms with Gasteiger partial charge in [0.25, 0.3) is 0 Å². The van der Waals surface area contributed by atoms with E-state index in [0.29, 0.717) is 5.56 Å². The number of carboxylic acid groups (broad SMARTS) is 1. The van der Waals surface area contributed by atoms with Gasteiger partial charge in [-0.15, -0.1) is 0 Å². The van der Waals surface area contributed by atoms with Crippen molar-refractivity contribution >= 4 is 17.9 Å². The maximum absolute atomic E-state index is 10.6. The molecular formula is C12H8N4O2. The molecule has 6 heteroatoms. The fraction of sp³-hybridized carbons (Fsp3) is 0.0833. The highest BCUT2D eigenvalue weighted by Gasteiger charge is 2.10. The maximum Gasteiger partial charge on any atom is 0.335 e. The van der Waals surface area contributed by atoms with Gasteiger partial charge in [0, 0.05) is 6.21 Å². The van der Waals surface area contributed by atoms with Gasteiger partial charge in [0.1, 0.15) is 11.8 Å². The molecule has 1 unspecified atom stereocenters. The standard InChI is InChI=1S/C12H8N4O2/c13-5-10(15)11(6-14)16-7-8-1-3-9(4-2-8)12(17)18/h1-4,7,11,15H,(H,17,18). The number of aliphatic imine (C=N–C) groups is 1. The zero-order valence-electron chi connectivity index (χ0n) is 9.16. The molecular weight excluding hydrogens is 232 g/mol. The van der Waals surface area contributed by atoms with Crippen molar-refractivity contribution in [3.63, 3.8) is 0 Å². The van der Waals surface area contributed by atoms with Gasteiger partial charge in [0.15, 0.2) is 6.04 Å². The molecule has 0 radical (unpaired) electrons. The molecule has 6 nitrogen and oxygen atoms in total. The van der Waals surface area contributed by atoms with Crippen LogP contribution in [0.3, 0.4) is 0 Å². The molecule has 0 aromatic heterocycles. The molecule has 18 heavy (non-hydrogen) atoms. The molecule has 0 aliphatic heterocycles. The molecule has 0 aliphatic rings. The van der Waals surface area contributed by atoms with Gasteiger partial charge in [-0.1, -0.05) is 12.1 Å². The second-order valence-corrected chi connectivity index (χ2v) is 3.26. The first-order valence-electron chi connectivity index (χ1n) is 4.83. The number of carbonyl (C=O) groups is 1. The Bertz CT molecular complexity index is 576. The van der Waals surface area contributed by atoms with Crippen LogP contribution in [-0.4, -0.2) is 29.0 Å². The quantitative estimate of drug-likeness (QED) is 0.768. The van der Waals surface area contributed by atoms with Gasteiger partial charge in [-0.3, -0.25) is 10.4 Å².